The topological polar surface area (TPSA) is 114 Å². The number of carbonyl (C=O) groups excluding carboxylic acids is 2. The van der Waals surface area contributed by atoms with E-state index in [0.29, 0.717) is 11.3 Å². The van der Waals surface area contributed by atoms with E-state index >= 15 is 0 Å². The number of carbonyl (C=O) groups is 2. The van der Waals surface area contributed by atoms with Gasteiger partial charge in [-0.1, -0.05) is 17.3 Å². The number of nitrogens with two attached hydrogens (primary N) is 1. The van der Waals surface area contributed by atoms with Crippen LogP contribution in [0.15, 0.2) is 34.9 Å². The predicted octanol–water partition coefficient (Wildman–Crippen LogP) is 3.41. The molecule has 184 valence electrons. The number of urea groups is 2. The number of hydrogen-bond acceptors (Lipinski definition) is 5. The van der Waals surface area contributed by atoms with E-state index in [0.717, 1.165) is 25.0 Å². The molecule has 4 rings (SSSR count). The van der Waals surface area contributed by atoms with Gasteiger partial charge in [0.1, 0.15) is 17.6 Å². The summed E-state index contributed by atoms with van der Waals surface area (Å²) >= 11 is 0. The molecular formula is C21H23F4N5O4. The molecule has 1 aliphatic heterocycles. The molecule has 0 spiro atoms. The Bertz CT molecular complexity index is 1040. The fraction of sp³-hybridized carbons (Fsp3) is 0.476. The van der Waals surface area contributed by atoms with Crippen LogP contribution in [0.3, 0.4) is 0 Å². The van der Waals surface area contributed by atoms with Crippen molar-refractivity contribution in [2.24, 2.45) is 5.73 Å². The molecule has 2 atom stereocenters. The van der Waals surface area contributed by atoms with E-state index in [1.54, 1.807) is 4.90 Å². The highest BCUT2D eigenvalue weighted by atomic mass is 19.4. The number of aromatic nitrogens is 1. The molecule has 4 amide bonds. The van der Waals surface area contributed by atoms with Crippen molar-refractivity contribution in [2.45, 2.75) is 50.4 Å². The number of nitrogens with one attached hydrogen (secondary N) is 1. The van der Waals surface area contributed by atoms with Gasteiger partial charge in [0.2, 0.25) is 0 Å². The minimum atomic E-state index is -4.82. The van der Waals surface area contributed by atoms with Crippen LogP contribution in [0, 0.1) is 0 Å². The van der Waals surface area contributed by atoms with Gasteiger partial charge in [-0.15, -0.1) is 13.2 Å². The van der Waals surface area contributed by atoms with Crippen molar-refractivity contribution in [1.82, 2.24) is 20.3 Å². The molecule has 2 aliphatic rings. The Morgan fingerprint density at radius 2 is 2.00 bits per heavy atom. The minimum absolute atomic E-state index is 0.0183. The Morgan fingerprint density at radius 3 is 2.68 bits per heavy atom. The highest BCUT2D eigenvalue weighted by molar-refractivity contribution is 5.76. The molecular weight excluding hydrogens is 462 g/mol. The Hall–Kier alpha value is -3.51. The van der Waals surface area contributed by atoms with Crippen molar-refractivity contribution in [3.05, 3.63) is 36.0 Å². The van der Waals surface area contributed by atoms with Crippen LogP contribution >= 0.6 is 0 Å². The fourth-order valence-electron chi connectivity index (χ4n) is 4.01. The molecule has 1 saturated heterocycles. The predicted molar refractivity (Wildman–Crippen MR) is 110 cm³/mol. The average molecular weight is 485 g/mol. The monoisotopic (exact) mass is 485 g/mol. The molecule has 0 unspecified atom stereocenters. The number of benzene rings is 1. The normalized spacial score (nSPS) is 20.6. The van der Waals surface area contributed by atoms with Crippen LogP contribution in [0.2, 0.25) is 0 Å². The average Bonchev–Trinajstić information content (AvgIpc) is 3.46. The van der Waals surface area contributed by atoms with Crippen LogP contribution in [0.25, 0.3) is 11.3 Å². The molecule has 34 heavy (non-hydrogen) atoms. The number of ether oxygens (including phenoxy) is 1. The Balaban J connectivity index is 1.39. The van der Waals surface area contributed by atoms with E-state index in [9.17, 15) is 27.2 Å². The zero-order valence-corrected chi connectivity index (χ0v) is 17.9. The molecule has 13 heteroatoms. The van der Waals surface area contributed by atoms with Crippen LogP contribution in [0.4, 0.5) is 27.2 Å². The van der Waals surface area contributed by atoms with Crippen LogP contribution in [0.5, 0.6) is 5.75 Å². The number of likely N-dealkylation sites (tertiary alicyclic amines) is 1. The molecule has 1 aliphatic carbocycles. The van der Waals surface area contributed by atoms with E-state index < -0.39 is 36.4 Å². The second-order valence-electron chi connectivity index (χ2n) is 8.29. The summed E-state index contributed by atoms with van der Waals surface area (Å²) in [4.78, 5) is 27.2. The summed E-state index contributed by atoms with van der Waals surface area (Å²) in [7, 11) is 0. The lowest BCUT2D eigenvalue weighted by Crippen LogP contribution is -2.58. The van der Waals surface area contributed by atoms with Crippen LogP contribution in [-0.2, 0) is 6.54 Å². The fourth-order valence-corrected chi connectivity index (χ4v) is 4.01. The molecule has 2 heterocycles. The summed E-state index contributed by atoms with van der Waals surface area (Å²) in [5.74, 6) is -0.208. The number of amides is 4. The van der Waals surface area contributed by atoms with Gasteiger partial charge in [-0.3, -0.25) is 0 Å². The zero-order chi connectivity index (χ0) is 24.5. The van der Waals surface area contributed by atoms with Gasteiger partial charge >= 0.3 is 18.4 Å². The minimum Gasteiger partial charge on any atom is -0.406 e. The van der Waals surface area contributed by atoms with Gasteiger partial charge in [-0.2, -0.15) is 0 Å². The van der Waals surface area contributed by atoms with Crippen LogP contribution in [0.1, 0.15) is 25.0 Å². The molecule has 1 aromatic carbocycles. The molecule has 0 radical (unpaired) electrons. The number of alkyl halides is 4. The number of hydrogen-bond donors (Lipinski definition) is 2. The lowest BCUT2D eigenvalue weighted by molar-refractivity contribution is -0.274. The lowest BCUT2D eigenvalue weighted by atomic mass is 10.0. The standard InChI is InChI=1S/C21H23F4N5O4/c22-13-7-16(11-29(10-13)19(26)31)30(15-4-5-15)20(32)27-9-14-8-18(34-28-14)12-2-1-3-17(6-12)33-21(23,24)25/h1-3,6,8,13,15-16H,4-5,7,9-11H2,(H2,26,31)(H,27,32)/t13-,16+/m0/s1. The van der Waals surface area contributed by atoms with E-state index in [2.05, 4.69) is 15.2 Å². The first-order chi connectivity index (χ1) is 16.1. The third-order valence-corrected chi connectivity index (χ3v) is 5.59. The number of halogens is 4. The maximum Gasteiger partial charge on any atom is 0.573 e. The number of nitrogens with zero attached hydrogens (tertiary/aromatic N) is 3. The maximum absolute atomic E-state index is 14.2. The lowest BCUT2D eigenvalue weighted by Gasteiger charge is -2.40. The van der Waals surface area contributed by atoms with E-state index in [4.69, 9.17) is 10.3 Å². The van der Waals surface area contributed by atoms with Gasteiger partial charge in [0.05, 0.1) is 19.1 Å². The second-order valence-corrected chi connectivity index (χ2v) is 8.29. The van der Waals surface area contributed by atoms with E-state index in [1.165, 1.54) is 23.1 Å². The van der Waals surface area contributed by atoms with Gasteiger partial charge < -0.3 is 30.1 Å². The van der Waals surface area contributed by atoms with Crippen LogP contribution < -0.4 is 15.8 Å². The largest absolute Gasteiger partial charge is 0.573 e. The smallest absolute Gasteiger partial charge is 0.406 e. The molecule has 1 saturated carbocycles. The van der Waals surface area contributed by atoms with Crippen molar-refractivity contribution in [1.29, 1.82) is 0 Å². The first-order valence-corrected chi connectivity index (χ1v) is 10.7. The van der Waals surface area contributed by atoms with Crippen molar-refractivity contribution >= 4 is 12.1 Å². The third-order valence-electron chi connectivity index (χ3n) is 5.59. The summed E-state index contributed by atoms with van der Waals surface area (Å²) in [5.41, 5.74) is 5.96. The maximum atomic E-state index is 14.2. The summed E-state index contributed by atoms with van der Waals surface area (Å²) in [5, 5.41) is 6.57. The summed E-state index contributed by atoms with van der Waals surface area (Å²) in [6, 6.07) is 5.00. The Morgan fingerprint density at radius 1 is 1.24 bits per heavy atom. The van der Waals surface area contributed by atoms with Crippen molar-refractivity contribution in [3.8, 4) is 17.1 Å². The van der Waals surface area contributed by atoms with Crippen molar-refractivity contribution in [3.63, 3.8) is 0 Å². The molecule has 1 aromatic heterocycles. The van der Waals surface area contributed by atoms with Gasteiger partial charge in [-0.25, -0.2) is 14.0 Å². The first-order valence-electron chi connectivity index (χ1n) is 10.7. The van der Waals surface area contributed by atoms with Gasteiger partial charge in [-0.05, 0) is 25.0 Å². The molecule has 2 fully saturated rings. The quantitative estimate of drug-likeness (QED) is 0.609. The Kier molecular flexibility index (Phi) is 6.53. The molecule has 0 bridgehead atoms. The summed E-state index contributed by atoms with van der Waals surface area (Å²) < 4.78 is 60.6. The first kappa shape index (κ1) is 23.6. The highest BCUT2D eigenvalue weighted by Gasteiger charge is 2.41. The van der Waals surface area contributed by atoms with Gasteiger partial charge in [0.25, 0.3) is 0 Å². The van der Waals surface area contributed by atoms with Gasteiger partial charge in [0.15, 0.2) is 5.76 Å². The highest BCUT2D eigenvalue weighted by Crippen LogP contribution is 2.32. The molecule has 3 N–H and O–H groups in total. The van der Waals surface area contributed by atoms with E-state index in [1.807, 2.05) is 0 Å². The third kappa shape index (κ3) is 5.88. The summed E-state index contributed by atoms with van der Waals surface area (Å²) in [6.45, 7) is 0.0443. The van der Waals surface area contributed by atoms with Crippen molar-refractivity contribution < 1.29 is 36.4 Å². The van der Waals surface area contributed by atoms with Crippen molar-refractivity contribution in [2.75, 3.05) is 13.1 Å². The Labute approximate surface area is 191 Å². The molecule has 2 aromatic rings. The van der Waals surface area contributed by atoms with E-state index in [-0.39, 0.29) is 37.9 Å². The zero-order valence-electron chi connectivity index (χ0n) is 17.9. The second kappa shape index (κ2) is 9.39. The van der Waals surface area contributed by atoms with Crippen LogP contribution in [-0.4, -0.2) is 64.7 Å². The number of piperidine rings is 1. The number of primary amides is 1. The SMILES string of the molecule is NC(=O)N1C[C@@H](F)C[C@@H](N(C(=O)NCc2cc(-c3cccc(OC(F)(F)F)c3)on2)C2CC2)C1. The molecule has 9 nitrogen and oxygen atoms in total. The summed E-state index contributed by atoms with van der Waals surface area (Å²) in [6.07, 6.45) is -4.43. The number of rotatable bonds is 6. The van der Waals surface area contributed by atoms with Gasteiger partial charge in [0, 0.05) is 30.6 Å².